The molecular formula is C15H18N4O4. The van der Waals surface area contributed by atoms with Crippen LogP contribution in [0.5, 0.6) is 0 Å². The molecule has 1 fully saturated rings. The second-order valence-electron chi connectivity index (χ2n) is 5.43. The van der Waals surface area contributed by atoms with E-state index in [1.807, 2.05) is 0 Å². The number of pyridine rings is 1. The standard InChI is InChI=1S/C15H18N4O4/c1-23-18-14(21)12-5-10-11(6-16-13(10)7-17-12)15(22)19-4-2-3-9(19)8-20/h5-7,9,16,20H,2-4,8H2,1H3,(H,18,21)/t9-/m0/s1. The lowest BCUT2D eigenvalue weighted by Crippen LogP contribution is -2.37. The van der Waals surface area contributed by atoms with Gasteiger partial charge in [0.05, 0.1) is 37.0 Å². The molecule has 0 unspecified atom stereocenters. The van der Waals surface area contributed by atoms with Crippen LogP contribution in [0.3, 0.4) is 0 Å². The third kappa shape index (κ3) is 2.78. The van der Waals surface area contributed by atoms with Gasteiger partial charge in [-0.2, -0.15) is 0 Å². The minimum Gasteiger partial charge on any atom is -0.394 e. The molecule has 8 nitrogen and oxygen atoms in total. The molecule has 1 aliphatic rings. The number of nitrogens with one attached hydrogen (secondary N) is 2. The van der Waals surface area contributed by atoms with Crippen molar-refractivity contribution < 1.29 is 19.5 Å². The van der Waals surface area contributed by atoms with Crippen molar-refractivity contribution in [3.8, 4) is 0 Å². The predicted octanol–water partition coefficient (Wildman–Crippen LogP) is 0.451. The molecule has 0 aliphatic carbocycles. The molecule has 3 N–H and O–H groups in total. The van der Waals surface area contributed by atoms with Gasteiger partial charge >= 0.3 is 0 Å². The van der Waals surface area contributed by atoms with Crippen LogP contribution in [0.25, 0.3) is 10.9 Å². The molecule has 2 amide bonds. The summed E-state index contributed by atoms with van der Waals surface area (Å²) in [4.78, 5) is 37.9. The Balaban J connectivity index is 1.96. The zero-order chi connectivity index (χ0) is 16.4. The molecule has 0 radical (unpaired) electrons. The number of H-pyrrole nitrogens is 1. The summed E-state index contributed by atoms with van der Waals surface area (Å²) < 4.78 is 0. The van der Waals surface area contributed by atoms with Gasteiger partial charge in [0.1, 0.15) is 5.69 Å². The minimum atomic E-state index is -0.483. The number of likely N-dealkylation sites (tertiary alicyclic amines) is 1. The summed E-state index contributed by atoms with van der Waals surface area (Å²) in [6, 6.07) is 1.41. The molecule has 0 saturated carbocycles. The normalized spacial score (nSPS) is 17.7. The second-order valence-corrected chi connectivity index (χ2v) is 5.43. The summed E-state index contributed by atoms with van der Waals surface area (Å²) in [6.07, 6.45) is 4.79. The number of amides is 2. The van der Waals surface area contributed by atoms with Crippen molar-refractivity contribution in [2.45, 2.75) is 18.9 Å². The number of carbonyl (C=O) groups is 2. The largest absolute Gasteiger partial charge is 0.394 e. The van der Waals surface area contributed by atoms with Crippen molar-refractivity contribution in [2.75, 3.05) is 20.3 Å². The van der Waals surface area contributed by atoms with Gasteiger partial charge in [0, 0.05) is 18.1 Å². The Hall–Kier alpha value is -2.45. The number of hydrogen-bond donors (Lipinski definition) is 3. The van der Waals surface area contributed by atoms with E-state index in [2.05, 4.69) is 20.3 Å². The Labute approximate surface area is 132 Å². The first-order chi connectivity index (χ1) is 11.2. The number of aliphatic hydroxyl groups is 1. The first kappa shape index (κ1) is 15.4. The monoisotopic (exact) mass is 318 g/mol. The van der Waals surface area contributed by atoms with Gasteiger partial charge in [0.15, 0.2) is 0 Å². The average molecular weight is 318 g/mol. The van der Waals surface area contributed by atoms with E-state index in [-0.39, 0.29) is 24.2 Å². The number of nitrogens with zero attached hydrogens (tertiary/aromatic N) is 2. The number of rotatable bonds is 4. The molecule has 1 aliphatic heterocycles. The Morgan fingerprint density at radius 2 is 2.39 bits per heavy atom. The van der Waals surface area contributed by atoms with Crippen LogP contribution in [-0.4, -0.2) is 58.1 Å². The van der Waals surface area contributed by atoms with E-state index in [0.717, 1.165) is 12.8 Å². The van der Waals surface area contributed by atoms with Gasteiger partial charge in [-0.3, -0.25) is 14.4 Å². The predicted molar refractivity (Wildman–Crippen MR) is 81.7 cm³/mol. The van der Waals surface area contributed by atoms with Crippen LogP contribution in [0.1, 0.15) is 33.7 Å². The minimum absolute atomic E-state index is 0.0445. The zero-order valence-corrected chi connectivity index (χ0v) is 12.7. The van der Waals surface area contributed by atoms with Crippen LogP contribution in [0.15, 0.2) is 18.5 Å². The molecule has 2 aromatic rings. The van der Waals surface area contributed by atoms with Crippen LogP contribution >= 0.6 is 0 Å². The quantitative estimate of drug-likeness (QED) is 0.710. The molecule has 1 atom stereocenters. The smallest absolute Gasteiger partial charge is 0.293 e. The Morgan fingerprint density at radius 3 is 3.13 bits per heavy atom. The maximum atomic E-state index is 12.7. The summed E-state index contributed by atoms with van der Waals surface area (Å²) in [5.41, 5.74) is 3.49. The number of hydroxylamine groups is 1. The van der Waals surface area contributed by atoms with Gasteiger partial charge in [-0.05, 0) is 18.9 Å². The fraction of sp³-hybridized carbons (Fsp3) is 0.400. The Kier molecular flexibility index (Phi) is 4.26. The van der Waals surface area contributed by atoms with E-state index in [1.165, 1.54) is 13.3 Å². The van der Waals surface area contributed by atoms with Crippen molar-refractivity contribution >= 4 is 22.7 Å². The number of hydrogen-bond acceptors (Lipinski definition) is 5. The molecule has 0 spiro atoms. The summed E-state index contributed by atoms with van der Waals surface area (Å²) in [5, 5.41) is 10.0. The summed E-state index contributed by atoms with van der Waals surface area (Å²) in [7, 11) is 1.34. The number of aliphatic hydroxyl groups excluding tert-OH is 1. The van der Waals surface area contributed by atoms with Crippen molar-refractivity contribution in [3.63, 3.8) is 0 Å². The molecule has 8 heteroatoms. The molecule has 23 heavy (non-hydrogen) atoms. The molecule has 3 heterocycles. The fourth-order valence-corrected chi connectivity index (χ4v) is 2.91. The maximum Gasteiger partial charge on any atom is 0.293 e. The number of carbonyl (C=O) groups excluding carboxylic acids is 2. The molecule has 1 saturated heterocycles. The summed E-state index contributed by atoms with van der Waals surface area (Å²) in [6.45, 7) is 0.579. The lowest BCUT2D eigenvalue weighted by atomic mass is 10.1. The van der Waals surface area contributed by atoms with Gasteiger partial charge in [0.2, 0.25) is 0 Å². The molecule has 0 bridgehead atoms. The lowest BCUT2D eigenvalue weighted by Gasteiger charge is -2.22. The van der Waals surface area contributed by atoms with Crippen LogP contribution in [-0.2, 0) is 4.84 Å². The summed E-state index contributed by atoms with van der Waals surface area (Å²) >= 11 is 0. The molecular weight excluding hydrogens is 300 g/mol. The van der Waals surface area contributed by atoms with Crippen LogP contribution in [0, 0.1) is 0 Å². The fourth-order valence-electron chi connectivity index (χ4n) is 2.91. The Morgan fingerprint density at radius 1 is 1.57 bits per heavy atom. The molecule has 0 aromatic carbocycles. The lowest BCUT2D eigenvalue weighted by molar-refractivity contribution is 0.0532. The van der Waals surface area contributed by atoms with Crippen molar-refractivity contribution in [1.29, 1.82) is 0 Å². The van der Waals surface area contributed by atoms with Gasteiger partial charge < -0.3 is 15.0 Å². The number of aromatic amines is 1. The highest BCUT2D eigenvalue weighted by Gasteiger charge is 2.30. The second kappa shape index (κ2) is 6.35. The van der Waals surface area contributed by atoms with Gasteiger partial charge in [-0.25, -0.2) is 10.5 Å². The van der Waals surface area contributed by atoms with E-state index >= 15 is 0 Å². The highest BCUT2D eigenvalue weighted by atomic mass is 16.6. The molecule has 3 rings (SSSR count). The van der Waals surface area contributed by atoms with Gasteiger partial charge in [-0.1, -0.05) is 0 Å². The first-order valence-corrected chi connectivity index (χ1v) is 7.38. The van der Waals surface area contributed by atoms with Crippen molar-refractivity contribution in [3.05, 3.63) is 29.7 Å². The topological polar surface area (TPSA) is 108 Å². The average Bonchev–Trinajstić information content (AvgIpc) is 3.20. The number of fused-ring (bicyclic) bond motifs is 1. The zero-order valence-electron chi connectivity index (χ0n) is 12.7. The van der Waals surface area contributed by atoms with E-state index in [1.54, 1.807) is 17.2 Å². The highest BCUT2D eigenvalue weighted by Crippen LogP contribution is 2.24. The third-order valence-corrected chi connectivity index (χ3v) is 4.07. The van der Waals surface area contributed by atoms with Crippen LogP contribution in [0.4, 0.5) is 0 Å². The van der Waals surface area contributed by atoms with Gasteiger partial charge in [-0.15, -0.1) is 0 Å². The van der Waals surface area contributed by atoms with Crippen molar-refractivity contribution in [2.24, 2.45) is 0 Å². The summed E-state index contributed by atoms with van der Waals surface area (Å²) in [5.74, 6) is -0.638. The van der Waals surface area contributed by atoms with Gasteiger partial charge in [0.25, 0.3) is 11.8 Å². The SMILES string of the molecule is CONC(=O)c1cc2c(C(=O)N3CCC[C@H]3CO)c[nH]c2cn1. The van der Waals surface area contributed by atoms with E-state index in [4.69, 9.17) is 0 Å². The third-order valence-electron chi connectivity index (χ3n) is 4.07. The Bertz CT molecular complexity index is 742. The van der Waals surface area contributed by atoms with Crippen LogP contribution in [0.2, 0.25) is 0 Å². The maximum absolute atomic E-state index is 12.7. The van der Waals surface area contributed by atoms with E-state index in [9.17, 15) is 14.7 Å². The molecule has 2 aromatic heterocycles. The molecule has 122 valence electrons. The first-order valence-electron chi connectivity index (χ1n) is 7.38. The van der Waals surface area contributed by atoms with E-state index < -0.39 is 5.91 Å². The van der Waals surface area contributed by atoms with E-state index in [0.29, 0.717) is 23.0 Å². The van der Waals surface area contributed by atoms with Crippen molar-refractivity contribution in [1.82, 2.24) is 20.3 Å². The number of aromatic nitrogens is 2. The highest BCUT2D eigenvalue weighted by molar-refractivity contribution is 6.08. The van der Waals surface area contributed by atoms with Crippen LogP contribution < -0.4 is 5.48 Å².